The van der Waals surface area contributed by atoms with Crippen molar-refractivity contribution in [2.24, 2.45) is 5.92 Å². The van der Waals surface area contributed by atoms with E-state index in [-0.39, 0.29) is 12.5 Å². The summed E-state index contributed by atoms with van der Waals surface area (Å²) in [6.07, 6.45) is 11.3. The molecule has 28 heavy (non-hydrogen) atoms. The van der Waals surface area contributed by atoms with Gasteiger partial charge in [-0.15, -0.1) is 0 Å². The maximum atomic E-state index is 12.0. The van der Waals surface area contributed by atoms with Gasteiger partial charge in [0.05, 0.1) is 6.61 Å². The molecule has 5 nitrogen and oxygen atoms in total. The van der Waals surface area contributed by atoms with E-state index in [0.717, 1.165) is 37.2 Å². The predicted octanol–water partition coefficient (Wildman–Crippen LogP) is 5.20. The minimum absolute atomic E-state index is 0.116. The summed E-state index contributed by atoms with van der Waals surface area (Å²) in [7, 11) is 0. The Bertz CT molecular complexity index is 565. The second-order valence-electron chi connectivity index (χ2n) is 7.57. The average Bonchev–Trinajstić information content (AvgIpc) is 3.55. The number of rotatable bonds is 16. The standard InChI is InChI=1S/C23H34O5/c1-2-3-4-5-6-7-8-9-16-26-21-14-10-19(11-15-21)17-27-23(25)22(28-18-24)20-12-13-20/h10-11,14-15,18,20,22H,2-9,12-13,16-17H2,1H3. The zero-order chi connectivity index (χ0) is 20.0. The van der Waals surface area contributed by atoms with E-state index < -0.39 is 12.1 Å². The number of hydrogen-bond acceptors (Lipinski definition) is 5. The summed E-state index contributed by atoms with van der Waals surface area (Å²) in [5.74, 6) is 0.479. The summed E-state index contributed by atoms with van der Waals surface area (Å²) < 4.78 is 15.9. The number of ether oxygens (including phenoxy) is 3. The van der Waals surface area contributed by atoms with Crippen LogP contribution in [0.3, 0.4) is 0 Å². The van der Waals surface area contributed by atoms with Gasteiger partial charge < -0.3 is 14.2 Å². The van der Waals surface area contributed by atoms with Gasteiger partial charge in [-0.3, -0.25) is 4.79 Å². The summed E-state index contributed by atoms with van der Waals surface area (Å²) in [5, 5.41) is 0. The fraction of sp³-hybridized carbons (Fsp3) is 0.652. The van der Waals surface area contributed by atoms with Gasteiger partial charge in [0.1, 0.15) is 12.4 Å². The van der Waals surface area contributed by atoms with Gasteiger partial charge in [-0.1, -0.05) is 64.0 Å². The van der Waals surface area contributed by atoms with Crippen molar-refractivity contribution in [3.05, 3.63) is 29.8 Å². The van der Waals surface area contributed by atoms with Gasteiger partial charge in [0.15, 0.2) is 0 Å². The van der Waals surface area contributed by atoms with Crippen LogP contribution >= 0.6 is 0 Å². The highest BCUT2D eigenvalue weighted by Gasteiger charge is 2.39. The van der Waals surface area contributed by atoms with Crippen molar-refractivity contribution < 1.29 is 23.8 Å². The average molecular weight is 391 g/mol. The third-order valence-corrected chi connectivity index (χ3v) is 5.06. The van der Waals surface area contributed by atoms with Crippen molar-refractivity contribution >= 4 is 12.4 Å². The lowest BCUT2D eigenvalue weighted by Gasteiger charge is -2.13. The van der Waals surface area contributed by atoms with Crippen LogP contribution in [0.5, 0.6) is 5.75 Å². The second-order valence-corrected chi connectivity index (χ2v) is 7.57. The highest BCUT2D eigenvalue weighted by Crippen LogP contribution is 2.34. The van der Waals surface area contributed by atoms with Crippen molar-refractivity contribution in [3.63, 3.8) is 0 Å². The third-order valence-electron chi connectivity index (χ3n) is 5.06. The topological polar surface area (TPSA) is 61.8 Å². The first-order valence-corrected chi connectivity index (χ1v) is 10.7. The molecule has 5 heteroatoms. The van der Waals surface area contributed by atoms with E-state index in [4.69, 9.17) is 14.2 Å². The number of carbonyl (C=O) groups is 2. The second kappa shape index (κ2) is 13.2. The molecular weight excluding hydrogens is 356 g/mol. The molecular formula is C23H34O5. The molecule has 1 fully saturated rings. The van der Waals surface area contributed by atoms with Crippen LogP contribution in [0.1, 0.15) is 76.7 Å². The Morgan fingerprint density at radius 1 is 1.04 bits per heavy atom. The van der Waals surface area contributed by atoms with E-state index in [2.05, 4.69) is 6.92 Å². The smallest absolute Gasteiger partial charge is 0.348 e. The van der Waals surface area contributed by atoms with E-state index in [1.807, 2.05) is 24.3 Å². The van der Waals surface area contributed by atoms with Crippen LogP contribution in [0.15, 0.2) is 24.3 Å². The van der Waals surface area contributed by atoms with Crippen LogP contribution in [-0.4, -0.2) is 25.2 Å². The Labute approximate surface area is 168 Å². The van der Waals surface area contributed by atoms with E-state index >= 15 is 0 Å². The van der Waals surface area contributed by atoms with Crippen LogP contribution in [-0.2, 0) is 25.7 Å². The summed E-state index contributed by atoms with van der Waals surface area (Å²) >= 11 is 0. The minimum Gasteiger partial charge on any atom is -0.494 e. The van der Waals surface area contributed by atoms with Gasteiger partial charge in [-0.25, -0.2) is 4.79 Å². The Hall–Kier alpha value is -2.04. The highest BCUT2D eigenvalue weighted by molar-refractivity contribution is 5.76. The van der Waals surface area contributed by atoms with Crippen molar-refractivity contribution in [1.82, 2.24) is 0 Å². The molecule has 0 amide bonds. The van der Waals surface area contributed by atoms with Crippen molar-refractivity contribution in [2.45, 2.75) is 83.8 Å². The highest BCUT2D eigenvalue weighted by atomic mass is 16.6. The lowest BCUT2D eigenvalue weighted by Crippen LogP contribution is -2.28. The molecule has 0 spiro atoms. The number of benzene rings is 1. The molecule has 1 aliphatic carbocycles. The molecule has 1 aromatic carbocycles. The van der Waals surface area contributed by atoms with E-state index in [1.54, 1.807) is 0 Å². The van der Waals surface area contributed by atoms with Crippen LogP contribution in [0, 0.1) is 5.92 Å². The van der Waals surface area contributed by atoms with Crippen LogP contribution in [0.2, 0.25) is 0 Å². The molecule has 0 N–H and O–H groups in total. The molecule has 0 aliphatic heterocycles. The van der Waals surface area contributed by atoms with Crippen molar-refractivity contribution in [1.29, 1.82) is 0 Å². The molecule has 1 saturated carbocycles. The Morgan fingerprint density at radius 3 is 2.29 bits per heavy atom. The number of carbonyl (C=O) groups excluding carboxylic acids is 2. The van der Waals surface area contributed by atoms with E-state index in [9.17, 15) is 9.59 Å². The van der Waals surface area contributed by atoms with Gasteiger partial charge in [-0.05, 0) is 37.0 Å². The Morgan fingerprint density at radius 2 is 1.68 bits per heavy atom. The monoisotopic (exact) mass is 390 g/mol. The first kappa shape index (κ1) is 22.3. The quantitative estimate of drug-likeness (QED) is 0.220. The first-order valence-electron chi connectivity index (χ1n) is 10.7. The maximum Gasteiger partial charge on any atom is 0.348 e. The normalized spacial score (nSPS) is 14.3. The fourth-order valence-corrected chi connectivity index (χ4v) is 3.16. The lowest BCUT2D eigenvalue weighted by atomic mass is 10.1. The molecule has 0 radical (unpaired) electrons. The summed E-state index contributed by atoms with van der Waals surface area (Å²) in [5.41, 5.74) is 0.883. The predicted molar refractivity (Wildman–Crippen MR) is 108 cm³/mol. The SMILES string of the molecule is CCCCCCCCCCOc1ccc(COC(=O)C(OC=O)C2CC2)cc1. The van der Waals surface area contributed by atoms with Gasteiger partial charge in [-0.2, -0.15) is 0 Å². The number of hydrogen-bond donors (Lipinski definition) is 0. The summed E-state index contributed by atoms with van der Waals surface area (Å²) in [6, 6.07) is 7.58. The Balaban J connectivity index is 1.57. The molecule has 1 unspecified atom stereocenters. The molecule has 1 atom stereocenters. The van der Waals surface area contributed by atoms with Gasteiger partial charge in [0, 0.05) is 5.92 Å². The lowest BCUT2D eigenvalue weighted by molar-refractivity contribution is -0.164. The van der Waals surface area contributed by atoms with Crippen molar-refractivity contribution in [3.8, 4) is 5.75 Å². The maximum absolute atomic E-state index is 12.0. The van der Waals surface area contributed by atoms with E-state index in [0.29, 0.717) is 6.47 Å². The van der Waals surface area contributed by atoms with Crippen LogP contribution in [0.4, 0.5) is 0 Å². The van der Waals surface area contributed by atoms with Crippen molar-refractivity contribution in [2.75, 3.05) is 6.61 Å². The Kier molecular flexibility index (Phi) is 10.5. The van der Waals surface area contributed by atoms with Crippen LogP contribution < -0.4 is 4.74 Å². The fourth-order valence-electron chi connectivity index (χ4n) is 3.16. The van der Waals surface area contributed by atoms with E-state index in [1.165, 1.54) is 44.9 Å². The zero-order valence-electron chi connectivity index (χ0n) is 17.1. The zero-order valence-corrected chi connectivity index (χ0v) is 17.1. The first-order chi connectivity index (χ1) is 13.7. The molecule has 0 bridgehead atoms. The molecule has 1 aliphatic rings. The molecule has 0 heterocycles. The molecule has 156 valence electrons. The van der Waals surface area contributed by atoms with Gasteiger partial charge in [0.25, 0.3) is 6.47 Å². The number of unbranched alkanes of at least 4 members (excludes halogenated alkanes) is 7. The largest absolute Gasteiger partial charge is 0.494 e. The van der Waals surface area contributed by atoms with Gasteiger partial charge in [0.2, 0.25) is 6.10 Å². The van der Waals surface area contributed by atoms with Crippen LogP contribution in [0.25, 0.3) is 0 Å². The number of esters is 1. The third kappa shape index (κ3) is 8.77. The minimum atomic E-state index is -0.758. The molecule has 1 aromatic rings. The molecule has 0 aromatic heterocycles. The van der Waals surface area contributed by atoms with Gasteiger partial charge >= 0.3 is 5.97 Å². The molecule has 0 saturated heterocycles. The summed E-state index contributed by atoms with van der Waals surface area (Å²) in [4.78, 5) is 22.5. The summed E-state index contributed by atoms with van der Waals surface area (Å²) in [6.45, 7) is 3.46. The molecule has 2 rings (SSSR count).